The summed E-state index contributed by atoms with van der Waals surface area (Å²) in [4.78, 5) is 29.2. The van der Waals surface area contributed by atoms with Crippen molar-refractivity contribution in [3.8, 4) is 0 Å². The van der Waals surface area contributed by atoms with Crippen LogP contribution in [0.5, 0.6) is 0 Å². The van der Waals surface area contributed by atoms with Crippen molar-refractivity contribution in [1.29, 1.82) is 0 Å². The Morgan fingerprint density at radius 3 is 2.24 bits per heavy atom. The van der Waals surface area contributed by atoms with E-state index in [9.17, 15) is 18.0 Å². The molecule has 0 aliphatic carbocycles. The molecule has 0 spiro atoms. The molecule has 9 heteroatoms. The number of rotatable bonds is 8. The number of amides is 2. The Morgan fingerprint density at radius 1 is 1.00 bits per heavy atom. The van der Waals surface area contributed by atoms with E-state index in [1.165, 1.54) is 49.5 Å². The minimum absolute atomic E-state index is 0.0337. The predicted octanol–water partition coefficient (Wildman–Crippen LogP) is 2.13. The van der Waals surface area contributed by atoms with E-state index in [4.69, 9.17) is 0 Å². The second kappa shape index (κ2) is 11.1. The zero-order valence-corrected chi connectivity index (χ0v) is 21.1. The molecule has 1 fully saturated rings. The second-order valence-electron chi connectivity index (χ2n) is 9.05. The van der Waals surface area contributed by atoms with Crippen LogP contribution in [-0.4, -0.2) is 81.2 Å². The standard InChI is InChI=1S/C25H34N4O4S/c1-19(2)21-10-8-20(9-11-21)18-28-12-14-29(15-13-28)24(30)17-26-25(31)22-6-5-7-23(16-22)34(32,33)27(3)4/h5-11,16,19H,12-15,17-18H2,1-4H3,(H,26,31). The van der Waals surface area contributed by atoms with Crippen LogP contribution in [-0.2, 0) is 21.4 Å². The average Bonchev–Trinajstić information content (AvgIpc) is 2.83. The quantitative estimate of drug-likeness (QED) is 0.618. The Hall–Kier alpha value is -2.75. The van der Waals surface area contributed by atoms with Gasteiger partial charge in [-0.1, -0.05) is 44.2 Å². The molecule has 0 bridgehead atoms. The van der Waals surface area contributed by atoms with Gasteiger partial charge in [-0.2, -0.15) is 0 Å². The van der Waals surface area contributed by atoms with Gasteiger partial charge >= 0.3 is 0 Å². The third kappa shape index (κ3) is 6.43. The lowest BCUT2D eigenvalue weighted by Crippen LogP contribution is -2.50. The summed E-state index contributed by atoms with van der Waals surface area (Å²) in [6.45, 7) is 7.85. The summed E-state index contributed by atoms with van der Waals surface area (Å²) < 4.78 is 25.7. The molecule has 2 amide bonds. The molecule has 8 nitrogen and oxygen atoms in total. The summed E-state index contributed by atoms with van der Waals surface area (Å²) in [6.07, 6.45) is 0. The maximum atomic E-state index is 12.6. The highest BCUT2D eigenvalue weighted by Gasteiger charge is 2.22. The van der Waals surface area contributed by atoms with Crippen LogP contribution in [0.3, 0.4) is 0 Å². The molecule has 3 rings (SSSR count). The van der Waals surface area contributed by atoms with Gasteiger partial charge in [0.25, 0.3) is 5.91 Å². The van der Waals surface area contributed by atoms with Gasteiger partial charge in [-0.25, -0.2) is 12.7 Å². The number of hydrogen-bond donors (Lipinski definition) is 1. The molecule has 0 atom stereocenters. The molecule has 0 aromatic heterocycles. The van der Waals surface area contributed by atoms with Crippen LogP contribution >= 0.6 is 0 Å². The van der Waals surface area contributed by atoms with Gasteiger partial charge in [0.1, 0.15) is 0 Å². The van der Waals surface area contributed by atoms with E-state index in [2.05, 4.69) is 48.3 Å². The first-order chi connectivity index (χ1) is 16.1. The van der Waals surface area contributed by atoms with E-state index in [1.54, 1.807) is 4.90 Å². The van der Waals surface area contributed by atoms with Crippen LogP contribution < -0.4 is 5.32 Å². The Labute approximate surface area is 202 Å². The van der Waals surface area contributed by atoms with E-state index < -0.39 is 15.9 Å². The Kier molecular flexibility index (Phi) is 8.46. The highest BCUT2D eigenvalue weighted by Crippen LogP contribution is 2.17. The van der Waals surface area contributed by atoms with Crippen molar-refractivity contribution < 1.29 is 18.0 Å². The van der Waals surface area contributed by atoms with Crippen LogP contribution in [0.1, 0.15) is 41.3 Å². The van der Waals surface area contributed by atoms with Crippen LogP contribution in [0.4, 0.5) is 0 Å². The van der Waals surface area contributed by atoms with E-state index in [0.717, 1.165) is 23.9 Å². The molecule has 1 aliphatic rings. The monoisotopic (exact) mass is 486 g/mol. The maximum absolute atomic E-state index is 12.6. The molecule has 0 unspecified atom stereocenters. The van der Waals surface area contributed by atoms with Crippen molar-refractivity contribution in [1.82, 2.24) is 19.4 Å². The zero-order chi connectivity index (χ0) is 24.9. The molecular weight excluding hydrogens is 452 g/mol. The lowest BCUT2D eigenvalue weighted by Gasteiger charge is -2.34. The van der Waals surface area contributed by atoms with Crippen molar-refractivity contribution >= 4 is 21.8 Å². The van der Waals surface area contributed by atoms with Crippen molar-refractivity contribution in [3.63, 3.8) is 0 Å². The van der Waals surface area contributed by atoms with E-state index in [0.29, 0.717) is 19.0 Å². The third-order valence-electron chi connectivity index (χ3n) is 6.05. The summed E-state index contributed by atoms with van der Waals surface area (Å²) >= 11 is 0. The van der Waals surface area contributed by atoms with Crippen molar-refractivity contribution in [3.05, 3.63) is 65.2 Å². The number of carbonyl (C=O) groups excluding carboxylic acids is 2. The molecule has 1 aliphatic heterocycles. The zero-order valence-electron chi connectivity index (χ0n) is 20.3. The van der Waals surface area contributed by atoms with Crippen molar-refractivity contribution in [2.45, 2.75) is 31.2 Å². The van der Waals surface area contributed by atoms with Crippen LogP contribution in [0, 0.1) is 0 Å². The van der Waals surface area contributed by atoms with Crippen LogP contribution in [0.2, 0.25) is 0 Å². The van der Waals surface area contributed by atoms with Gasteiger partial charge in [0.2, 0.25) is 15.9 Å². The second-order valence-corrected chi connectivity index (χ2v) is 11.2. The number of hydrogen-bond acceptors (Lipinski definition) is 5. The number of nitrogens with zero attached hydrogens (tertiary/aromatic N) is 3. The van der Waals surface area contributed by atoms with E-state index in [1.807, 2.05) is 0 Å². The normalized spacial score (nSPS) is 15.1. The summed E-state index contributed by atoms with van der Waals surface area (Å²) in [5.74, 6) is -0.113. The third-order valence-corrected chi connectivity index (χ3v) is 7.86. The lowest BCUT2D eigenvalue weighted by molar-refractivity contribution is -0.131. The fraction of sp³-hybridized carbons (Fsp3) is 0.440. The van der Waals surface area contributed by atoms with Gasteiger partial charge in [-0.15, -0.1) is 0 Å². The van der Waals surface area contributed by atoms with Gasteiger partial charge in [0.05, 0.1) is 11.4 Å². The average molecular weight is 487 g/mol. The Balaban J connectivity index is 1.48. The number of nitrogens with one attached hydrogen (secondary N) is 1. The molecule has 0 saturated carbocycles. The van der Waals surface area contributed by atoms with Gasteiger partial charge in [0.15, 0.2) is 0 Å². The molecular formula is C25H34N4O4S. The Bertz CT molecular complexity index is 1110. The molecule has 1 N–H and O–H groups in total. The SMILES string of the molecule is CC(C)c1ccc(CN2CCN(C(=O)CNC(=O)c3cccc(S(=O)(=O)N(C)C)c3)CC2)cc1. The van der Waals surface area contributed by atoms with Crippen molar-refractivity contribution in [2.75, 3.05) is 46.8 Å². The Morgan fingerprint density at radius 2 is 1.65 bits per heavy atom. The largest absolute Gasteiger partial charge is 0.343 e. The first-order valence-electron chi connectivity index (χ1n) is 11.5. The van der Waals surface area contributed by atoms with Gasteiger partial charge < -0.3 is 10.2 Å². The first-order valence-corrected chi connectivity index (χ1v) is 12.9. The summed E-state index contributed by atoms with van der Waals surface area (Å²) in [7, 11) is -0.775. The molecule has 2 aromatic carbocycles. The number of benzene rings is 2. The summed E-state index contributed by atoms with van der Waals surface area (Å²) in [5, 5.41) is 2.62. The maximum Gasteiger partial charge on any atom is 0.251 e. The minimum atomic E-state index is -3.64. The predicted molar refractivity (Wildman–Crippen MR) is 132 cm³/mol. The molecule has 34 heavy (non-hydrogen) atoms. The lowest BCUT2D eigenvalue weighted by atomic mass is 10.0. The van der Waals surface area contributed by atoms with E-state index in [-0.39, 0.29) is 22.9 Å². The summed E-state index contributed by atoms with van der Waals surface area (Å²) in [6, 6.07) is 14.5. The highest BCUT2D eigenvalue weighted by atomic mass is 32.2. The van der Waals surface area contributed by atoms with Gasteiger partial charge in [-0.05, 0) is 35.2 Å². The minimum Gasteiger partial charge on any atom is -0.343 e. The number of carbonyl (C=O) groups is 2. The molecule has 2 aromatic rings. The molecule has 1 heterocycles. The molecule has 184 valence electrons. The van der Waals surface area contributed by atoms with Crippen molar-refractivity contribution in [2.24, 2.45) is 0 Å². The summed E-state index contributed by atoms with van der Waals surface area (Å²) in [5.41, 5.74) is 2.78. The smallest absolute Gasteiger partial charge is 0.251 e. The first kappa shape index (κ1) is 25.9. The number of sulfonamides is 1. The topological polar surface area (TPSA) is 90.0 Å². The van der Waals surface area contributed by atoms with Gasteiger partial charge in [-0.3, -0.25) is 14.5 Å². The van der Waals surface area contributed by atoms with Gasteiger partial charge in [0, 0.05) is 52.4 Å². The van der Waals surface area contributed by atoms with Crippen LogP contribution in [0.15, 0.2) is 53.4 Å². The number of piperazine rings is 1. The fourth-order valence-corrected chi connectivity index (χ4v) is 4.75. The fourth-order valence-electron chi connectivity index (χ4n) is 3.80. The highest BCUT2D eigenvalue weighted by molar-refractivity contribution is 7.89. The van der Waals surface area contributed by atoms with Crippen LogP contribution in [0.25, 0.3) is 0 Å². The van der Waals surface area contributed by atoms with E-state index >= 15 is 0 Å². The molecule has 1 saturated heterocycles. The molecule has 0 radical (unpaired) electrons.